The van der Waals surface area contributed by atoms with Crippen LogP contribution in [-0.4, -0.2) is 27.0 Å². The van der Waals surface area contributed by atoms with E-state index in [1.54, 1.807) is 17.1 Å². The second kappa shape index (κ2) is 7.19. The van der Waals surface area contributed by atoms with Crippen LogP contribution in [0.15, 0.2) is 79.3 Å². The number of pyridine rings is 1. The monoisotopic (exact) mass is 342 g/mol. The van der Waals surface area contributed by atoms with Crippen LogP contribution in [0, 0.1) is 0 Å². The number of carbonyl (C=O) groups is 1. The molecule has 0 saturated heterocycles. The van der Waals surface area contributed by atoms with E-state index in [4.69, 9.17) is 0 Å². The van der Waals surface area contributed by atoms with Crippen molar-refractivity contribution in [1.29, 1.82) is 0 Å². The summed E-state index contributed by atoms with van der Waals surface area (Å²) in [5.74, 6) is -0.146. The van der Waals surface area contributed by atoms with Crippen LogP contribution in [0.4, 0.5) is 0 Å². The highest BCUT2D eigenvalue weighted by molar-refractivity contribution is 5.93. The first-order chi connectivity index (χ1) is 12.8. The number of rotatable bonds is 5. The van der Waals surface area contributed by atoms with E-state index in [0.29, 0.717) is 18.7 Å². The maximum absolute atomic E-state index is 12.5. The molecule has 0 bridgehead atoms. The summed E-state index contributed by atoms with van der Waals surface area (Å²) in [7, 11) is 0. The van der Waals surface area contributed by atoms with E-state index in [1.165, 1.54) is 0 Å². The van der Waals surface area contributed by atoms with E-state index in [9.17, 15) is 4.79 Å². The lowest BCUT2D eigenvalue weighted by Gasteiger charge is -2.09. The smallest absolute Gasteiger partial charge is 0.269 e. The fourth-order valence-electron chi connectivity index (χ4n) is 2.90. The van der Waals surface area contributed by atoms with Crippen molar-refractivity contribution in [3.05, 3.63) is 90.6 Å². The summed E-state index contributed by atoms with van der Waals surface area (Å²) < 4.78 is 1.78. The van der Waals surface area contributed by atoms with Gasteiger partial charge in [-0.05, 0) is 24.3 Å². The lowest BCUT2D eigenvalue weighted by molar-refractivity contribution is 0.0947. The summed E-state index contributed by atoms with van der Waals surface area (Å²) >= 11 is 0. The largest absolute Gasteiger partial charge is 0.350 e. The highest BCUT2D eigenvalue weighted by atomic mass is 16.1. The molecule has 5 nitrogen and oxygen atoms in total. The molecule has 2 aromatic carbocycles. The Morgan fingerprint density at radius 1 is 0.962 bits per heavy atom. The Hall–Kier alpha value is -3.47. The normalized spacial score (nSPS) is 10.8. The van der Waals surface area contributed by atoms with Crippen LogP contribution in [0.1, 0.15) is 16.2 Å². The van der Waals surface area contributed by atoms with E-state index >= 15 is 0 Å². The molecular formula is C21H18N4O. The number of nitrogens with one attached hydrogen (secondary N) is 1. The highest BCUT2D eigenvalue weighted by Gasteiger charge is 2.12. The number of aromatic nitrogens is 3. The molecule has 2 heterocycles. The third-order valence-corrected chi connectivity index (χ3v) is 4.23. The topological polar surface area (TPSA) is 59.8 Å². The number of fused-ring (bicyclic) bond motifs is 1. The van der Waals surface area contributed by atoms with Gasteiger partial charge in [-0.1, -0.05) is 42.5 Å². The molecule has 0 aliphatic rings. The number of nitrogens with zero attached hydrogens (tertiary/aromatic N) is 3. The third-order valence-electron chi connectivity index (χ3n) is 4.23. The number of benzene rings is 2. The molecule has 0 atom stereocenters. The van der Waals surface area contributed by atoms with Crippen LogP contribution < -0.4 is 5.32 Å². The molecule has 0 aliphatic carbocycles. The van der Waals surface area contributed by atoms with Crippen molar-refractivity contribution in [3.8, 4) is 5.69 Å². The maximum Gasteiger partial charge on any atom is 0.269 e. The second-order valence-corrected chi connectivity index (χ2v) is 5.99. The van der Waals surface area contributed by atoms with E-state index in [2.05, 4.69) is 21.4 Å². The van der Waals surface area contributed by atoms with E-state index in [-0.39, 0.29) is 5.91 Å². The molecule has 0 aliphatic heterocycles. The van der Waals surface area contributed by atoms with Gasteiger partial charge >= 0.3 is 0 Å². The Labute approximate surface area is 151 Å². The minimum absolute atomic E-state index is 0.146. The van der Waals surface area contributed by atoms with E-state index in [1.807, 2.05) is 60.7 Å². The predicted octanol–water partition coefficient (Wildman–Crippen LogP) is 3.39. The minimum Gasteiger partial charge on any atom is -0.350 e. The van der Waals surface area contributed by atoms with Crippen molar-refractivity contribution >= 4 is 16.8 Å². The summed E-state index contributed by atoms with van der Waals surface area (Å²) in [5.41, 5.74) is 3.35. The number of amides is 1. The molecule has 1 N–H and O–H groups in total. The SMILES string of the molecule is O=C(NCCc1ccc2ccccc2n1)c1cncn1-c1ccccc1. The molecule has 0 radical (unpaired) electrons. The van der Waals surface area contributed by atoms with Gasteiger partial charge in [-0.15, -0.1) is 0 Å². The molecule has 5 heteroatoms. The first-order valence-corrected chi connectivity index (χ1v) is 8.52. The van der Waals surface area contributed by atoms with Crippen molar-refractivity contribution in [1.82, 2.24) is 19.9 Å². The standard InChI is InChI=1S/C21H18N4O/c26-21(20-14-22-15-25(20)18-7-2-1-3-8-18)23-13-12-17-11-10-16-6-4-5-9-19(16)24-17/h1-11,14-15H,12-13H2,(H,23,26). The summed E-state index contributed by atoms with van der Waals surface area (Å²) in [6.45, 7) is 0.518. The quantitative estimate of drug-likeness (QED) is 0.605. The molecule has 0 spiro atoms. The Morgan fingerprint density at radius 2 is 1.77 bits per heavy atom. The number of hydrogen-bond acceptors (Lipinski definition) is 3. The second-order valence-electron chi connectivity index (χ2n) is 5.99. The van der Waals surface area contributed by atoms with Gasteiger partial charge in [0.2, 0.25) is 0 Å². The third kappa shape index (κ3) is 3.32. The van der Waals surface area contributed by atoms with Crippen LogP contribution >= 0.6 is 0 Å². The molecule has 4 rings (SSSR count). The summed E-state index contributed by atoms with van der Waals surface area (Å²) in [6, 6.07) is 21.8. The molecule has 4 aromatic rings. The lowest BCUT2D eigenvalue weighted by atomic mass is 10.2. The van der Waals surface area contributed by atoms with Gasteiger partial charge in [-0.3, -0.25) is 14.3 Å². The zero-order valence-corrected chi connectivity index (χ0v) is 14.2. The molecule has 0 fully saturated rings. The van der Waals surface area contributed by atoms with Gasteiger partial charge in [0, 0.05) is 29.7 Å². The number of carbonyl (C=O) groups excluding carboxylic acids is 1. The van der Waals surface area contributed by atoms with Gasteiger partial charge in [0.25, 0.3) is 5.91 Å². The molecule has 128 valence electrons. The molecule has 2 aromatic heterocycles. The Morgan fingerprint density at radius 3 is 2.65 bits per heavy atom. The van der Waals surface area contributed by atoms with Crippen molar-refractivity contribution in [2.75, 3.05) is 6.54 Å². The van der Waals surface area contributed by atoms with Crippen molar-refractivity contribution < 1.29 is 4.79 Å². The van der Waals surface area contributed by atoms with Crippen molar-refractivity contribution in [3.63, 3.8) is 0 Å². The Kier molecular flexibility index (Phi) is 4.43. The lowest BCUT2D eigenvalue weighted by Crippen LogP contribution is -2.27. The molecule has 1 amide bonds. The zero-order valence-electron chi connectivity index (χ0n) is 14.2. The van der Waals surface area contributed by atoms with Gasteiger partial charge in [0.05, 0.1) is 18.0 Å². The summed E-state index contributed by atoms with van der Waals surface area (Å²) in [6.07, 6.45) is 3.90. The van der Waals surface area contributed by atoms with Crippen LogP contribution in [0.5, 0.6) is 0 Å². The van der Waals surface area contributed by atoms with Crippen LogP contribution in [0.2, 0.25) is 0 Å². The fraction of sp³-hybridized carbons (Fsp3) is 0.0952. The first kappa shape index (κ1) is 16.0. The number of imidazole rings is 1. The van der Waals surface area contributed by atoms with Gasteiger partial charge in [0.15, 0.2) is 0 Å². The van der Waals surface area contributed by atoms with Gasteiger partial charge in [-0.2, -0.15) is 0 Å². The average molecular weight is 342 g/mol. The Bertz CT molecular complexity index is 1040. The molecular weight excluding hydrogens is 324 g/mol. The van der Waals surface area contributed by atoms with Crippen molar-refractivity contribution in [2.24, 2.45) is 0 Å². The summed E-state index contributed by atoms with van der Waals surface area (Å²) in [4.78, 5) is 21.3. The minimum atomic E-state index is -0.146. The summed E-state index contributed by atoms with van der Waals surface area (Å²) in [5, 5.41) is 4.07. The molecule has 26 heavy (non-hydrogen) atoms. The van der Waals surface area contributed by atoms with E-state index in [0.717, 1.165) is 22.3 Å². The number of hydrogen-bond donors (Lipinski definition) is 1. The average Bonchev–Trinajstić information content (AvgIpc) is 3.18. The first-order valence-electron chi connectivity index (χ1n) is 8.52. The predicted molar refractivity (Wildman–Crippen MR) is 101 cm³/mol. The van der Waals surface area contributed by atoms with Crippen LogP contribution in [-0.2, 0) is 6.42 Å². The Balaban J connectivity index is 1.42. The van der Waals surface area contributed by atoms with Crippen molar-refractivity contribution in [2.45, 2.75) is 6.42 Å². The molecule has 0 unspecified atom stereocenters. The zero-order chi connectivity index (χ0) is 17.8. The van der Waals surface area contributed by atoms with Gasteiger partial charge in [-0.25, -0.2) is 4.98 Å². The highest BCUT2D eigenvalue weighted by Crippen LogP contribution is 2.12. The van der Waals surface area contributed by atoms with Crippen LogP contribution in [0.25, 0.3) is 16.6 Å². The fourth-order valence-corrected chi connectivity index (χ4v) is 2.90. The number of para-hydroxylation sites is 2. The maximum atomic E-state index is 12.5. The van der Waals surface area contributed by atoms with Crippen LogP contribution in [0.3, 0.4) is 0 Å². The van der Waals surface area contributed by atoms with Gasteiger partial charge in [0.1, 0.15) is 5.69 Å². The van der Waals surface area contributed by atoms with Gasteiger partial charge < -0.3 is 5.32 Å². The van der Waals surface area contributed by atoms with E-state index < -0.39 is 0 Å². The molecule has 0 saturated carbocycles.